The Bertz CT molecular complexity index is 1570. The van der Waals surface area contributed by atoms with Crippen molar-refractivity contribution in [2.75, 3.05) is 26.8 Å². The van der Waals surface area contributed by atoms with Crippen molar-refractivity contribution in [3.05, 3.63) is 23.3 Å². The van der Waals surface area contributed by atoms with Gasteiger partial charge in [-0.3, -0.25) is 0 Å². The Labute approximate surface area is 322 Å². The van der Waals surface area contributed by atoms with Crippen molar-refractivity contribution in [2.45, 2.75) is 152 Å². The van der Waals surface area contributed by atoms with Crippen molar-refractivity contribution in [2.24, 2.45) is 63.6 Å². The maximum absolute atomic E-state index is 14.3. The van der Waals surface area contributed by atoms with Gasteiger partial charge in [0, 0.05) is 43.6 Å². The molecule has 54 heavy (non-hydrogen) atoms. The number of ether oxygens (including phenoxy) is 2. The molecule has 0 amide bonds. The number of nitrogens with one attached hydrogen (secondary N) is 1. The molecule has 14 unspecified atom stereocenters. The van der Waals surface area contributed by atoms with Crippen molar-refractivity contribution < 1.29 is 39.5 Å². The number of fused-ring (bicyclic) bond motifs is 8. The number of esters is 1. The van der Waals surface area contributed by atoms with Gasteiger partial charge in [-0.05, 0) is 129 Å². The molecule has 0 bridgehead atoms. The van der Waals surface area contributed by atoms with Gasteiger partial charge in [0.05, 0.1) is 22.7 Å². The van der Waals surface area contributed by atoms with Crippen molar-refractivity contribution in [1.82, 2.24) is 5.32 Å². The van der Waals surface area contributed by atoms with Crippen LogP contribution < -0.4 is 5.32 Å². The molecule has 0 aromatic rings. The van der Waals surface area contributed by atoms with Gasteiger partial charge in [-0.2, -0.15) is 0 Å². The Morgan fingerprint density at radius 3 is 2.50 bits per heavy atom. The van der Waals surface area contributed by atoms with Crippen LogP contribution in [0.4, 0.5) is 0 Å². The Morgan fingerprint density at radius 1 is 1.02 bits per heavy atom. The van der Waals surface area contributed by atoms with Crippen molar-refractivity contribution >= 4 is 12.3 Å². The van der Waals surface area contributed by atoms with E-state index in [9.17, 15) is 30.0 Å². The minimum absolute atomic E-state index is 0.116. The highest BCUT2D eigenvalue weighted by Crippen LogP contribution is 2.78. The van der Waals surface area contributed by atoms with Crippen LogP contribution >= 0.6 is 0 Å². The zero-order valence-electron chi connectivity index (χ0n) is 33.1. The number of aldehydes is 1. The molecular formula is C45H67NO8. The summed E-state index contributed by atoms with van der Waals surface area (Å²) in [4.78, 5) is 27.3. The second-order valence-electron chi connectivity index (χ2n) is 20.5. The summed E-state index contributed by atoms with van der Waals surface area (Å²) in [6, 6.07) is 0. The van der Waals surface area contributed by atoms with Crippen LogP contribution in [0.5, 0.6) is 0 Å². The zero-order valence-corrected chi connectivity index (χ0v) is 33.1. The molecule has 5 N–H and O–H groups in total. The number of rotatable bonds is 9. The van der Waals surface area contributed by atoms with Gasteiger partial charge >= 0.3 is 5.97 Å². The highest BCUT2D eigenvalue weighted by atomic mass is 16.5. The number of hydrogen-bond donors (Lipinski definition) is 5. The summed E-state index contributed by atoms with van der Waals surface area (Å²) < 4.78 is 11.2. The number of carbonyl (C=O) groups excluding carboxylic acids is 2. The van der Waals surface area contributed by atoms with E-state index in [0.717, 1.165) is 62.5 Å². The van der Waals surface area contributed by atoms with E-state index in [0.29, 0.717) is 69.4 Å². The van der Waals surface area contributed by atoms with Crippen LogP contribution in [0.1, 0.15) is 123 Å². The van der Waals surface area contributed by atoms with Gasteiger partial charge in [0.25, 0.3) is 0 Å². The lowest BCUT2D eigenvalue weighted by atomic mass is 9.34. The molecule has 7 saturated carbocycles. The van der Waals surface area contributed by atoms with E-state index >= 15 is 0 Å². The summed E-state index contributed by atoms with van der Waals surface area (Å²) in [5, 5.41) is 57.2. The summed E-state index contributed by atoms with van der Waals surface area (Å²) in [6.45, 7) is 6.48. The second kappa shape index (κ2) is 13.2. The molecule has 9 aliphatic rings. The molecule has 9 heteroatoms. The lowest BCUT2D eigenvalue weighted by Crippen LogP contribution is -2.82. The molecule has 1 aliphatic heterocycles. The van der Waals surface area contributed by atoms with Crippen LogP contribution in [0, 0.1) is 63.6 Å². The molecule has 14 atom stereocenters. The van der Waals surface area contributed by atoms with Gasteiger partial charge in [0.1, 0.15) is 18.0 Å². The highest BCUT2D eigenvalue weighted by molar-refractivity contribution is 5.87. The smallest absolute Gasteiger partial charge is 0.331 e. The van der Waals surface area contributed by atoms with Gasteiger partial charge in [0.15, 0.2) is 0 Å². The average Bonchev–Trinajstić information content (AvgIpc) is 3.94. The fraction of sp³-hybridized carbons (Fsp3) is 0.867. The van der Waals surface area contributed by atoms with Gasteiger partial charge in [-0.25, -0.2) is 4.79 Å². The first-order valence-electron chi connectivity index (χ1n) is 22.0. The lowest BCUT2D eigenvalue weighted by Gasteiger charge is -2.73. The van der Waals surface area contributed by atoms with E-state index in [1.165, 1.54) is 25.7 Å². The van der Waals surface area contributed by atoms with Crippen molar-refractivity contribution in [3.8, 4) is 0 Å². The number of carbonyl (C=O) groups is 2. The molecule has 0 saturated heterocycles. The third-order valence-electron chi connectivity index (χ3n) is 18.7. The SMILES string of the molecule is COCCCNCC1=CC2CC3(O)C(C)(CCC4C3(O)CC3CC(C(C)C5CCCC5)CCC5C(O)C6(CCCC6)CC4(C=O)C35O)C2C2=CC(=O)OC12. The van der Waals surface area contributed by atoms with Crippen LogP contribution in [0.3, 0.4) is 0 Å². The summed E-state index contributed by atoms with van der Waals surface area (Å²) in [6.07, 6.45) is 17.5. The van der Waals surface area contributed by atoms with Crippen LogP contribution in [-0.4, -0.2) is 88.5 Å². The molecule has 0 aromatic heterocycles. The quantitative estimate of drug-likeness (QED) is 0.0903. The third-order valence-corrected chi connectivity index (χ3v) is 18.7. The fourth-order valence-corrected chi connectivity index (χ4v) is 16.3. The number of aliphatic hydroxyl groups excluding tert-OH is 1. The summed E-state index contributed by atoms with van der Waals surface area (Å²) in [7, 11) is 1.69. The predicted octanol–water partition coefficient (Wildman–Crippen LogP) is 5.42. The molecular weight excluding hydrogens is 682 g/mol. The van der Waals surface area contributed by atoms with Crippen LogP contribution in [0.25, 0.3) is 0 Å². The average molecular weight is 750 g/mol. The van der Waals surface area contributed by atoms with Crippen LogP contribution in [-0.2, 0) is 19.1 Å². The van der Waals surface area contributed by atoms with E-state index in [-0.39, 0.29) is 24.2 Å². The highest BCUT2D eigenvalue weighted by Gasteiger charge is 2.83. The van der Waals surface area contributed by atoms with E-state index in [2.05, 4.69) is 25.2 Å². The second-order valence-corrected chi connectivity index (χ2v) is 20.5. The predicted molar refractivity (Wildman–Crippen MR) is 203 cm³/mol. The number of methoxy groups -OCH3 is 1. The molecule has 1 heterocycles. The zero-order chi connectivity index (χ0) is 37.9. The first kappa shape index (κ1) is 37.9. The van der Waals surface area contributed by atoms with Gasteiger partial charge in [0.2, 0.25) is 0 Å². The summed E-state index contributed by atoms with van der Waals surface area (Å²) >= 11 is 0. The maximum atomic E-state index is 14.3. The van der Waals surface area contributed by atoms with E-state index in [4.69, 9.17) is 9.47 Å². The fourth-order valence-electron chi connectivity index (χ4n) is 16.3. The molecule has 9 rings (SSSR count). The Kier molecular flexibility index (Phi) is 9.27. The van der Waals surface area contributed by atoms with E-state index in [1.807, 2.05) is 0 Å². The molecule has 0 aromatic carbocycles. The van der Waals surface area contributed by atoms with Crippen LogP contribution in [0.2, 0.25) is 0 Å². The van der Waals surface area contributed by atoms with Gasteiger partial charge < -0.3 is 40.0 Å². The summed E-state index contributed by atoms with van der Waals surface area (Å²) in [5.74, 6) is -0.771. The van der Waals surface area contributed by atoms with Gasteiger partial charge in [-0.15, -0.1) is 0 Å². The minimum atomic E-state index is -1.64. The summed E-state index contributed by atoms with van der Waals surface area (Å²) in [5.41, 5.74) is -5.31. The monoisotopic (exact) mass is 749 g/mol. The number of hydrogen-bond acceptors (Lipinski definition) is 9. The number of allylic oxidation sites excluding steroid dienone is 1. The first-order chi connectivity index (χ1) is 25.8. The molecule has 0 radical (unpaired) electrons. The molecule has 8 aliphatic carbocycles. The minimum Gasteiger partial charge on any atom is -0.450 e. The van der Waals surface area contributed by atoms with E-state index < -0.39 is 63.0 Å². The van der Waals surface area contributed by atoms with Crippen LogP contribution in [0.15, 0.2) is 23.3 Å². The molecule has 9 nitrogen and oxygen atoms in total. The maximum Gasteiger partial charge on any atom is 0.331 e. The standard InChI is InChI=1S/C45H67NO8/c1-27(28-9-4-5-10-28)29-11-12-34-39(49)41(14-6-7-15-41)25-42(26-47)35-13-16-40(2)37-30(22-44(40,51)43(35,50)23-32(20-29)45(34,42)52)19-31(24-46-17-8-18-53-3)38-33(37)21-36(48)54-38/h19,21,26-30,32,34-35,37-39,46,49-52H,4-18,20,22-25H2,1-3H3. The first-order valence-corrected chi connectivity index (χ1v) is 22.0. The topological polar surface area (TPSA) is 146 Å². The van der Waals surface area contributed by atoms with Gasteiger partial charge in [-0.1, -0.05) is 58.4 Å². The number of aliphatic hydroxyl groups is 4. The Morgan fingerprint density at radius 2 is 1.78 bits per heavy atom. The van der Waals surface area contributed by atoms with Crippen molar-refractivity contribution in [1.29, 1.82) is 0 Å². The Balaban J connectivity index is 1.14. The third kappa shape index (κ3) is 4.90. The Hall–Kier alpha value is -1.62. The molecule has 7 fully saturated rings. The van der Waals surface area contributed by atoms with Crippen molar-refractivity contribution in [3.63, 3.8) is 0 Å². The lowest BCUT2D eigenvalue weighted by molar-refractivity contribution is -0.352. The normalized spacial score (nSPS) is 49.5. The largest absolute Gasteiger partial charge is 0.450 e. The molecule has 1 spiro atoms. The molecule has 300 valence electrons. The van der Waals surface area contributed by atoms with E-state index in [1.54, 1.807) is 13.2 Å².